The lowest BCUT2D eigenvalue weighted by Crippen LogP contribution is -2.29. The van der Waals surface area contributed by atoms with Gasteiger partial charge in [-0.05, 0) is 18.2 Å². The molecule has 0 atom stereocenters. The number of para-hydroxylation sites is 1. The Hall–Kier alpha value is -2.81. The number of nitrogens with one attached hydrogen (secondary N) is 1. The van der Waals surface area contributed by atoms with Crippen molar-refractivity contribution in [3.8, 4) is 5.75 Å². The van der Waals surface area contributed by atoms with E-state index < -0.39 is 10.2 Å². The van der Waals surface area contributed by atoms with Crippen LogP contribution in [0.5, 0.6) is 5.75 Å². The molecule has 0 aliphatic heterocycles. The summed E-state index contributed by atoms with van der Waals surface area (Å²) < 4.78 is 28.5. The number of fused-ring (bicyclic) bond motifs is 2. The van der Waals surface area contributed by atoms with Crippen LogP contribution in [0.1, 0.15) is 0 Å². The highest BCUT2D eigenvalue weighted by Gasteiger charge is 2.19. The molecule has 0 saturated carbocycles. The summed E-state index contributed by atoms with van der Waals surface area (Å²) in [6.07, 6.45) is 1.73. The standard InChI is InChI=1S/C21H19N3O3S2/c1-24(2)29(26,27)23-17-13-19(21(25)16-10-4-3-9-15(16)17)28-18-11-5-7-14-8-6-12-22-20(14)18/h3-13,23,25H,1-2H3. The number of rotatable bonds is 5. The third kappa shape index (κ3) is 3.74. The lowest BCUT2D eigenvalue weighted by molar-refractivity contribution is 0.469. The maximum Gasteiger partial charge on any atom is 0.301 e. The first kappa shape index (κ1) is 19.5. The maximum atomic E-state index is 12.4. The highest BCUT2D eigenvalue weighted by Crippen LogP contribution is 2.44. The van der Waals surface area contributed by atoms with Gasteiger partial charge in [-0.3, -0.25) is 9.71 Å². The van der Waals surface area contributed by atoms with Gasteiger partial charge in [0.1, 0.15) is 5.75 Å². The number of hydrogen-bond donors (Lipinski definition) is 2. The minimum absolute atomic E-state index is 0.103. The van der Waals surface area contributed by atoms with Crippen LogP contribution in [-0.2, 0) is 10.2 Å². The summed E-state index contributed by atoms with van der Waals surface area (Å²) in [5.41, 5.74) is 1.23. The second-order valence-corrected chi connectivity index (χ2v) is 9.61. The second-order valence-electron chi connectivity index (χ2n) is 6.64. The average Bonchev–Trinajstić information content (AvgIpc) is 2.71. The molecule has 0 amide bonds. The van der Waals surface area contributed by atoms with Crippen molar-refractivity contribution < 1.29 is 13.5 Å². The summed E-state index contributed by atoms with van der Waals surface area (Å²) >= 11 is 1.35. The van der Waals surface area contributed by atoms with Crippen molar-refractivity contribution in [1.82, 2.24) is 9.29 Å². The van der Waals surface area contributed by atoms with E-state index in [0.29, 0.717) is 21.4 Å². The van der Waals surface area contributed by atoms with E-state index >= 15 is 0 Å². The van der Waals surface area contributed by atoms with Gasteiger partial charge in [-0.25, -0.2) is 0 Å². The quantitative estimate of drug-likeness (QED) is 0.461. The van der Waals surface area contributed by atoms with Crippen LogP contribution in [0.4, 0.5) is 5.69 Å². The first-order valence-corrected chi connectivity index (χ1v) is 11.1. The van der Waals surface area contributed by atoms with Gasteiger partial charge in [-0.15, -0.1) is 0 Å². The molecule has 3 aromatic carbocycles. The van der Waals surface area contributed by atoms with E-state index in [1.165, 1.54) is 25.9 Å². The summed E-state index contributed by atoms with van der Waals surface area (Å²) in [4.78, 5) is 5.86. The largest absolute Gasteiger partial charge is 0.506 e. The topological polar surface area (TPSA) is 82.5 Å². The average molecular weight is 426 g/mol. The SMILES string of the molecule is CN(C)S(=O)(=O)Nc1cc(Sc2cccc3cccnc23)c(O)c2ccccc12. The molecule has 4 rings (SSSR count). The minimum atomic E-state index is -3.70. The molecule has 1 heterocycles. The lowest BCUT2D eigenvalue weighted by atomic mass is 10.1. The summed E-state index contributed by atoms with van der Waals surface area (Å²) in [7, 11) is -0.778. The Kier molecular flexibility index (Phi) is 5.08. The third-order valence-corrected chi connectivity index (χ3v) is 7.04. The molecule has 0 fully saturated rings. The zero-order valence-corrected chi connectivity index (χ0v) is 17.5. The van der Waals surface area contributed by atoms with Gasteiger partial charge < -0.3 is 5.11 Å². The van der Waals surface area contributed by atoms with Gasteiger partial charge >= 0.3 is 10.2 Å². The van der Waals surface area contributed by atoms with Gasteiger partial charge in [-0.2, -0.15) is 12.7 Å². The van der Waals surface area contributed by atoms with Crippen molar-refractivity contribution >= 4 is 49.3 Å². The Morgan fingerprint density at radius 2 is 1.69 bits per heavy atom. The number of anilines is 1. The van der Waals surface area contributed by atoms with Crippen molar-refractivity contribution in [1.29, 1.82) is 0 Å². The Bertz CT molecular complexity index is 1320. The first-order chi connectivity index (χ1) is 13.9. The predicted molar refractivity (Wildman–Crippen MR) is 118 cm³/mol. The third-order valence-electron chi connectivity index (χ3n) is 4.52. The van der Waals surface area contributed by atoms with Gasteiger partial charge in [0.25, 0.3) is 0 Å². The normalized spacial score (nSPS) is 12.0. The molecule has 148 valence electrons. The number of nitrogens with zero attached hydrogens (tertiary/aromatic N) is 2. The van der Waals surface area contributed by atoms with Crippen molar-refractivity contribution in [2.24, 2.45) is 0 Å². The molecule has 0 saturated heterocycles. The van der Waals surface area contributed by atoms with E-state index in [1.54, 1.807) is 36.5 Å². The molecule has 0 radical (unpaired) electrons. The number of pyridine rings is 1. The van der Waals surface area contributed by atoms with E-state index in [1.807, 2.05) is 30.3 Å². The van der Waals surface area contributed by atoms with Crippen LogP contribution < -0.4 is 4.72 Å². The van der Waals surface area contributed by atoms with Crippen LogP contribution in [0.3, 0.4) is 0 Å². The van der Waals surface area contributed by atoms with E-state index in [4.69, 9.17) is 0 Å². The molecule has 0 aliphatic carbocycles. The van der Waals surface area contributed by atoms with Gasteiger partial charge in [0.2, 0.25) is 0 Å². The van der Waals surface area contributed by atoms with Crippen LogP contribution in [0, 0.1) is 0 Å². The predicted octanol–water partition coefficient (Wildman–Crippen LogP) is 4.46. The highest BCUT2D eigenvalue weighted by molar-refractivity contribution is 7.99. The zero-order chi connectivity index (χ0) is 20.6. The van der Waals surface area contributed by atoms with Crippen LogP contribution in [-0.4, -0.2) is 36.9 Å². The van der Waals surface area contributed by atoms with Crippen LogP contribution >= 0.6 is 11.8 Å². The molecule has 0 aliphatic rings. The maximum absolute atomic E-state index is 12.4. The number of hydrogen-bond acceptors (Lipinski definition) is 5. The van der Waals surface area contributed by atoms with E-state index in [9.17, 15) is 13.5 Å². The molecule has 1 aromatic heterocycles. The lowest BCUT2D eigenvalue weighted by Gasteiger charge is -2.17. The Morgan fingerprint density at radius 3 is 2.45 bits per heavy atom. The second kappa shape index (κ2) is 7.55. The monoisotopic (exact) mass is 425 g/mol. The fourth-order valence-corrected chi connectivity index (χ4v) is 4.67. The molecule has 8 heteroatoms. The molecule has 6 nitrogen and oxygen atoms in total. The van der Waals surface area contributed by atoms with E-state index in [0.717, 1.165) is 20.1 Å². The fraction of sp³-hybridized carbons (Fsp3) is 0.0952. The zero-order valence-electron chi connectivity index (χ0n) is 15.8. The smallest absolute Gasteiger partial charge is 0.301 e. The fourth-order valence-electron chi connectivity index (χ4n) is 3.00. The molecular formula is C21H19N3O3S2. The molecule has 0 unspecified atom stereocenters. The van der Waals surface area contributed by atoms with Crippen molar-refractivity contribution in [2.45, 2.75) is 9.79 Å². The molecular weight excluding hydrogens is 406 g/mol. The Labute approximate surface area is 173 Å². The van der Waals surface area contributed by atoms with E-state index in [-0.39, 0.29) is 5.75 Å². The molecule has 0 bridgehead atoms. The summed E-state index contributed by atoms with van der Waals surface area (Å²) in [5.74, 6) is 0.103. The Morgan fingerprint density at radius 1 is 0.966 bits per heavy atom. The first-order valence-electron chi connectivity index (χ1n) is 8.83. The summed E-state index contributed by atoms with van der Waals surface area (Å²) in [6, 6.07) is 18.5. The van der Waals surface area contributed by atoms with Gasteiger partial charge in [0.05, 0.1) is 16.1 Å². The number of benzene rings is 3. The van der Waals surface area contributed by atoms with Crippen molar-refractivity contribution in [3.63, 3.8) is 0 Å². The summed E-state index contributed by atoms with van der Waals surface area (Å²) in [5, 5.41) is 13.1. The molecule has 0 spiro atoms. The van der Waals surface area contributed by atoms with Crippen molar-refractivity contribution in [3.05, 3.63) is 66.9 Å². The number of aromatic hydroxyl groups is 1. The highest BCUT2D eigenvalue weighted by atomic mass is 32.2. The van der Waals surface area contributed by atoms with Crippen LogP contribution in [0.25, 0.3) is 21.7 Å². The van der Waals surface area contributed by atoms with Crippen LogP contribution in [0.2, 0.25) is 0 Å². The summed E-state index contributed by atoms with van der Waals surface area (Å²) in [6.45, 7) is 0. The molecule has 2 N–H and O–H groups in total. The van der Waals surface area contributed by atoms with Crippen molar-refractivity contribution in [2.75, 3.05) is 18.8 Å². The minimum Gasteiger partial charge on any atom is -0.506 e. The molecule has 4 aromatic rings. The van der Waals surface area contributed by atoms with E-state index in [2.05, 4.69) is 9.71 Å². The molecule has 29 heavy (non-hydrogen) atoms. The van der Waals surface area contributed by atoms with Gasteiger partial charge in [0.15, 0.2) is 0 Å². The number of phenolic OH excluding ortho intramolecular Hbond substituents is 1. The number of phenols is 1. The van der Waals surface area contributed by atoms with Gasteiger partial charge in [0, 0.05) is 41.3 Å². The Balaban J connectivity index is 1.87. The van der Waals surface area contributed by atoms with Gasteiger partial charge in [-0.1, -0.05) is 54.2 Å². The van der Waals surface area contributed by atoms with Crippen LogP contribution in [0.15, 0.2) is 76.7 Å². The number of aromatic nitrogens is 1.